The van der Waals surface area contributed by atoms with Crippen LogP contribution in [0.4, 0.5) is 13.2 Å². The third-order valence-corrected chi connectivity index (χ3v) is 3.51. The molecule has 0 spiro atoms. The van der Waals surface area contributed by atoms with Gasteiger partial charge < -0.3 is 10.1 Å². The van der Waals surface area contributed by atoms with Gasteiger partial charge in [0.05, 0.1) is 12.7 Å². The molecule has 100 valence electrons. The summed E-state index contributed by atoms with van der Waals surface area (Å²) in [6.07, 6.45) is -2.57. The van der Waals surface area contributed by atoms with E-state index in [2.05, 4.69) is 5.32 Å². The van der Waals surface area contributed by atoms with Gasteiger partial charge in [0, 0.05) is 5.54 Å². The molecule has 1 unspecified atom stereocenters. The van der Waals surface area contributed by atoms with E-state index in [1.165, 1.54) is 19.2 Å². The molecule has 2 nitrogen and oxygen atoms in total. The van der Waals surface area contributed by atoms with Crippen LogP contribution in [-0.4, -0.2) is 13.7 Å². The fraction of sp³-hybridized carbons (Fsp3) is 0.538. The lowest BCUT2D eigenvalue weighted by atomic mass is 9.89. The van der Waals surface area contributed by atoms with E-state index in [0.29, 0.717) is 5.56 Å². The van der Waals surface area contributed by atoms with Gasteiger partial charge in [-0.2, -0.15) is 13.2 Å². The van der Waals surface area contributed by atoms with Crippen LogP contribution in [0.3, 0.4) is 0 Å². The van der Waals surface area contributed by atoms with Crippen LogP contribution < -0.4 is 10.1 Å². The second-order valence-corrected chi connectivity index (χ2v) is 4.78. The summed E-state index contributed by atoms with van der Waals surface area (Å²) in [5.74, 6) is -0.132. The van der Waals surface area contributed by atoms with Crippen molar-refractivity contribution in [2.75, 3.05) is 13.7 Å². The van der Waals surface area contributed by atoms with Gasteiger partial charge in [-0.3, -0.25) is 0 Å². The Kier molecular flexibility index (Phi) is 3.27. The van der Waals surface area contributed by atoms with Gasteiger partial charge in [-0.25, -0.2) is 0 Å². The van der Waals surface area contributed by atoms with E-state index in [0.717, 1.165) is 19.4 Å². The molecule has 1 aliphatic heterocycles. The van der Waals surface area contributed by atoms with Crippen molar-refractivity contribution in [3.63, 3.8) is 0 Å². The van der Waals surface area contributed by atoms with Crippen LogP contribution >= 0.6 is 0 Å². The Hall–Kier alpha value is -1.23. The van der Waals surface area contributed by atoms with Crippen LogP contribution in [0.1, 0.15) is 30.9 Å². The fourth-order valence-electron chi connectivity index (χ4n) is 2.41. The van der Waals surface area contributed by atoms with Crippen LogP contribution in [0.5, 0.6) is 5.75 Å². The van der Waals surface area contributed by atoms with E-state index >= 15 is 0 Å². The van der Waals surface area contributed by atoms with Gasteiger partial charge in [-0.1, -0.05) is 6.07 Å². The van der Waals surface area contributed by atoms with Crippen molar-refractivity contribution in [3.8, 4) is 5.75 Å². The molecule has 0 radical (unpaired) electrons. The van der Waals surface area contributed by atoms with E-state index in [1.807, 2.05) is 6.92 Å². The fourth-order valence-corrected chi connectivity index (χ4v) is 2.41. The molecule has 1 heterocycles. The van der Waals surface area contributed by atoms with E-state index in [4.69, 9.17) is 4.74 Å². The summed E-state index contributed by atoms with van der Waals surface area (Å²) in [6, 6.07) is 4.28. The minimum Gasteiger partial charge on any atom is -0.496 e. The molecule has 0 amide bonds. The van der Waals surface area contributed by atoms with Crippen molar-refractivity contribution in [1.82, 2.24) is 5.32 Å². The molecule has 1 atom stereocenters. The monoisotopic (exact) mass is 259 g/mol. The standard InChI is InChI=1S/C13H16F3NO/c1-12(6-3-7-17-12)9-4-5-11(18-2)10(8-9)13(14,15)16/h4-5,8,17H,3,6-7H2,1-2H3. The molecule has 2 rings (SSSR count). The Morgan fingerprint density at radius 1 is 1.33 bits per heavy atom. The second-order valence-electron chi connectivity index (χ2n) is 4.78. The summed E-state index contributed by atoms with van der Waals surface area (Å²) in [6.45, 7) is 2.77. The molecule has 5 heteroatoms. The molecular weight excluding hydrogens is 243 g/mol. The Labute approximate surface area is 104 Å². The topological polar surface area (TPSA) is 21.3 Å². The van der Waals surface area contributed by atoms with E-state index in [1.54, 1.807) is 6.07 Å². The lowest BCUT2D eigenvalue weighted by Crippen LogP contribution is -2.33. The maximum Gasteiger partial charge on any atom is 0.419 e. The van der Waals surface area contributed by atoms with E-state index < -0.39 is 11.7 Å². The van der Waals surface area contributed by atoms with Gasteiger partial charge in [0.1, 0.15) is 5.75 Å². The summed E-state index contributed by atoms with van der Waals surface area (Å²) in [5, 5.41) is 3.26. The molecule has 0 aliphatic carbocycles. The maximum atomic E-state index is 12.9. The number of ether oxygens (including phenoxy) is 1. The average molecular weight is 259 g/mol. The molecule has 1 aliphatic rings. The largest absolute Gasteiger partial charge is 0.496 e. The molecule has 0 bridgehead atoms. The normalized spacial score (nSPS) is 24.3. The third kappa shape index (κ3) is 2.32. The van der Waals surface area contributed by atoms with Crippen LogP contribution in [0.2, 0.25) is 0 Å². The Morgan fingerprint density at radius 2 is 2.06 bits per heavy atom. The first-order valence-electron chi connectivity index (χ1n) is 5.87. The lowest BCUT2D eigenvalue weighted by molar-refractivity contribution is -0.138. The van der Waals surface area contributed by atoms with Crippen molar-refractivity contribution >= 4 is 0 Å². The zero-order chi connectivity index (χ0) is 13.4. The zero-order valence-corrected chi connectivity index (χ0v) is 10.4. The van der Waals surface area contributed by atoms with Crippen LogP contribution in [0.25, 0.3) is 0 Å². The molecule has 1 N–H and O–H groups in total. The van der Waals surface area contributed by atoms with Gasteiger partial charge in [0.15, 0.2) is 0 Å². The maximum absolute atomic E-state index is 12.9. The van der Waals surface area contributed by atoms with Crippen LogP contribution in [0.15, 0.2) is 18.2 Å². The highest BCUT2D eigenvalue weighted by molar-refractivity contribution is 5.41. The van der Waals surface area contributed by atoms with Gasteiger partial charge in [-0.15, -0.1) is 0 Å². The number of alkyl halides is 3. The summed E-state index contributed by atoms with van der Waals surface area (Å²) in [4.78, 5) is 0. The molecule has 1 fully saturated rings. The number of methoxy groups -OCH3 is 1. The summed E-state index contributed by atoms with van der Waals surface area (Å²) in [5.41, 5.74) is -0.419. The number of benzene rings is 1. The predicted octanol–water partition coefficient (Wildman–Crippen LogP) is 3.31. The number of rotatable bonds is 2. The highest BCUT2D eigenvalue weighted by Crippen LogP contribution is 2.40. The first-order valence-corrected chi connectivity index (χ1v) is 5.87. The summed E-state index contributed by atoms with van der Waals surface area (Å²) >= 11 is 0. The third-order valence-electron chi connectivity index (χ3n) is 3.51. The van der Waals surface area contributed by atoms with Gasteiger partial charge >= 0.3 is 6.18 Å². The number of nitrogens with one attached hydrogen (secondary N) is 1. The second kappa shape index (κ2) is 4.46. The number of hydrogen-bond donors (Lipinski definition) is 1. The van der Waals surface area contributed by atoms with Crippen LogP contribution in [-0.2, 0) is 11.7 Å². The van der Waals surface area contributed by atoms with Gasteiger partial charge in [-0.05, 0) is 44.0 Å². The van der Waals surface area contributed by atoms with Crippen molar-refractivity contribution in [1.29, 1.82) is 0 Å². The molecule has 18 heavy (non-hydrogen) atoms. The molecule has 0 saturated carbocycles. The highest BCUT2D eigenvalue weighted by Gasteiger charge is 2.37. The van der Waals surface area contributed by atoms with E-state index in [-0.39, 0.29) is 11.3 Å². The average Bonchev–Trinajstić information content (AvgIpc) is 2.75. The first kappa shape index (κ1) is 13.2. The quantitative estimate of drug-likeness (QED) is 0.879. The molecule has 1 aromatic carbocycles. The van der Waals surface area contributed by atoms with E-state index in [9.17, 15) is 13.2 Å². The minimum absolute atomic E-state index is 0.132. The van der Waals surface area contributed by atoms with Crippen LogP contribution in [0, 0.1) is 0 Å². The molecular formula is C13H16F3NO. The minimum atomic E-state index is -4.39. The van der Waals surface area contributed by atoms with Gasteiger partial charge in [0.25, 0.3) is 0 Å². The Morgan fingerprint density at radius 3 is 2.56 bits per heavy atom. The zero-order valence-electron chi connectivity index (χ0n) is 10.4. The summed E-state index contributed by atoms with van der Waals surface area (Å²) < 4.78 is 43.6. The highest BCUT2D eigenvalue weighted by atomic mass is 19.4. The molecule has 1 aromatic rings. The summed E-state index contributed by atoms with van der Waals surface area (Å²) in [7, 11) is 1.25. The van der Waals surface area contributed by atoms with Crippen molar-refractivity contribution < 1.29 is 17.9 Å². The first-order chi connectivity index (χ1) is 8.37. The van der Waals surface area contributed by atoms with Crippen molar-refractivity contribution in [2.24, 2.45) is 0 Å². The number of halogens is 3. The lowest BCUT2D eigenvalue weighted by Gasteiger charge is -2.26. The molecule has 1 saturated heterocycles. The Balaban J connectivity index is 2.46. The molecule has 0 aromatic heterocycles. The smallest absolute Gasteiger partial charge is 0.419 e. The number of hydrogen-bond acceptors (Lipinski definition) is 2. The van der Waals surface area contributed by atoms with Crippen molar-refractivity contribution in [2.45, 2.75) is 31.5 Å². The Bertz CT molecular complexity index is 436. The van der Waals surface area contributed by atoms with Crippen molar-refractivity contribution in [3.05, 3.63) is 29.3 Å². The van der Waals surface area contributed by atoms with Gasteiger partial charge in [0.2, 0.25) is 0 Å². The predicted molar refractivity (Wildman–Crippen MR) is 62.6 cm³/mol. The SMILES string of the molecule is COc1ccc(C2(C)CCCN2)cc1C(F)(F)F.